The third-order valence-electron chi connectivity index (χ3n) is 7.82. The average molecular weight is 610 g/mol. The predicted molar refractivity (Wildman–Crippen MR) is 173 cm³/mol. The van der Waals surface area contributed by atoms with Gasteiger partial charge in [-0.15, -0.1) is 0 Å². The Morgan fingerprint density at radius 1 is 0.867 bits per heavy atom. The molecule has 45 heavy (non-hydrogen) atoms. The zero-order valence-electron chi connectivity index (χ0n) is 25.7. The first kappa shape index (κ1) is 31.4. The van der Waals surface area contributed by atoms with Crippen molar-refractivity contribution in [3.05, 3.63) is 102 Å². The predicted octanol–water partition coefficient (Wildman–Crippen LogP) is 6.45. The van der Waals surface area contributed by atoms with Gasteiger partial charge in [-0.25, -0.2) is 4.79 Å². The largest absolute Gasteiger partial charge is 0.508 e. The third-order valence-corrected chi connectivity index (χ3v) is 7.82. The highest BCUT2D eigenvalue weighted by atomic mass is 16.6. The number of rotatable bonds is 9. The van der Waals surface area contributed by atoms with Gasteiger partial charge < -0.3 is 30.5 Å². The number of alkyl carbamates (subject to hydrolysis) is 1. The number of amides is 3. The summed E-state index contributed by atoms with van der Waals surface area (Å²) in [6.45, 7) is 5.21. The van der Waals surface area contributed by atoms with Crippen LogP contribution in [-0.4, -0.2) is 50.7 Å². The summed E-state index contributed by atoms with van der Waals surface area (Å²) in [5.74, 6) is -0.867. The summed E-state index contributed by atoms with van der Waals surface area (Å²) in [6, 6.07) is 23.7. The topological polar surface area (TPSA) is 128 Å². The van der Waals surface area contributed by atoms with Crippen LogP contribution in [0.2, 0.25) is 0 Å². The Bertz CT molecular complexity index is 1680. The molecule has 3 amide bonds. The number of benzene rings is 4. The fourth-order valence-electron chi connectivity index (χ4n) is 5.49. The van der Waals surface area contributed by atoms with Crippen molar-refractivity contribution in [1.82, 2.24) is 10.2 Å². The number of phenols is 2. The molecular weight excluding hydrogens is 570 g/mol. The van der Waals surface area contributed by atoms with Crippen LogP contribution >= 0.6 is 0 Å². The lowest BCUT2D eigenvalue weighted by Crippen LogP contribution is -2.57. The van der Waals surface area contributed by atoms with E-state index in [9.17, 15) is 24.6 Å². The molecule has 0 radical (unpaired) electrons. The van der Waals surface area contributed by atoms with E-state index >= 15 is 0 Å². The van der Waals surface area contributed by atoms with Crippen LogP contribution in [0.25, 0.3) is 10.8 Å². The van der Waals surface area contributed by atoms with E-state index in [4.69, 9.17) is 4.74 Å². The molecule has 4 aromatic carbocycles. The van der Waals surface area contributed by atoms with Crippen molar-refractivity contribution >= 4 is 34.4 Å². The van der Waals surface area contributed by atoms with Crippen LogP contribution in [0.15, 0.2) is 91.0 Å². The zero-order chi connectivity index (χ0) is 32.1. The molecule has 0 aromatic heterocycles. The van der Waals surface area contributed by atoms with E-state index < -0.39 is 35.6 Å². The van der Waals surface area contributed by atoms with E-state index in [2.05, 4.69) is 10.6 Å². The Kier molecular flexibility index (Phi) is 9.27. The Labute approximate surface area is 262 Å². The number of hydrogen-bond acceptors (Lipinski definition) is 6. The number of anilines is 1. The lowest BCUT2D eigenvalue weighted by molar-refractivity contribution is -0.145. The summed E-state index contributed by atoms with van der Waals surface area (Å²) in [7, 11) is 0. The van der Waals surface area contributed by atoms with Gasteiger partial charge in [0.2, 0.25) is 5.91 Å². The molecule has 0 aliphatic heterocycles. The molecule has 9 nitrogen and oxygen atoms in total. The van der Waals surface area contributed by atoms with Crippen molar-refractivity contribution in [3.63, 3.8) is 0 Å². The van der Waals surface area contributed by atoms with E-state index in [0.717, 1.165) is 17.2 Å². The molecule has 2 atom stereocenters. The Morgan fingerprint density at radius 3 is 2.22 bits per heavy atom. The van der Waals surface area contributed by atoms with Crippen molar-refractivity contribution in [2.75, 3.05) is 5.32 Å². The lowest BCUT2D eigenvalue weighted by atomic mass is 9.87. The molecule has 4 aromatic rings. The molecule has 1 fully saturated rings. The Balaban J connectivity index is 1.53. The number of phenolic OH excluding ortho intramolecular Hbond substituents is 2. The fourth-order valence-corrected chi connectivity index (χ4v) is 5.49. The molecule has 1 aliphatic rings. The molecule has 1 aliphatic carbocycles. The maximum Gasteiger partial charge on any atom is 0.408 e. The number of ether oxygens (including phenoxy) is 1. The summed E-state index contributed by atoms with van der Waals surface area (Å²) in [5, 5.41) is 27.9. The van der Waals surface area contributed by atoms with Crippen LogP contribution in [0.1, 0.15) is 57.2 Å². The second-order valence-electron chi connectivity index (χ2n) is 12.4. The monoisotopic (exact) mass is 609 g/mol. The molecule has 0 bridgehead atoms. The number of carbonyl (C=O) groups is 3. The van der Waals surface area contributed by atoms with Gasteiger partial charge in [0.15, 0.2) is 0 Å². The second-order valence-corrected chi connectivity index (χ2v) is 12.4. The summed E-state index contributed by atoms with van der Waals surface area (Å²) < 4.78 is 5.51. The van der Waals surface area contributed by atoms with Crippen molar-refractivity contribution in [2.24, 2.45) is 0 Å². The van der Waals surface area contributed by atoms with Crippen LogP contribution in [0.5, 0.6) is 11.5 Å². The van der Waals surface area contributed by atoms with Gasteiger partial charge in [-0.2, -0.15) is 0 Å². The van der Waals surface area contributed by atoms with Gasteiger partial charge in [0.05, 0.1) is 0 Å². The summed E-state index contributed by atoms with van der Waals surface area (Å²) in [5.41, 5.74) is 0.908. The van der Waals surface area contributed by atoms with E-state index in [1.165, 1.54) is 24.3 Å². The van der Waals surface area contributed by atoms with E-state index in [0.29, 0.717) is 29.7 Å². The normalized spacial score (nSPS) is 14.6. The minimum Gasteiger partial charge on any atom is -0.508 e. The van der Waals surface area contributed by atoms with Gasteiger partial charge in [-0.3, -0.25) is 9.59 Å². The van der Waals surface area contributed by atoms with Gasteiger partial charge in [0, 0.05) is 18.2 Å². The smallest absolute Gasteiger partial charge is 0.408 e. The van der Waals surface area contributed by atoms with Gasteiger partial charge in [-0.1, -0.05) is 54.6 Å². The van der Waals surface area contributed by atoms with E-state index in [1.54, 1.807) is 49.9 Å². The highest BCUT2D eigenvalue weighted by molar-refractivity contribution is 6.00. The third kappa shape index (κ3) is 7.92. The first-order chi connectivity index (χ1) is 21.5. The summed E-state index contributed by atoms with van der Waals surface area (Å²) in [6.07, 6.45) is 1.59. The SMILES string of the molecule is CC(C)(C)OC(=O)NC(Cc1ccc(O)cc1)C(=O)N(C1CCC1)C(C(=O)Nc1ccc2ccccc2c1)c1cccc(O)c1. The number of carbonyl (C=O) groups excluding carboxylic acids is 3. The molecule has 5 rings (SSSR count). The molecule has 234 valence electrons. The second kappa shape index (κ2) is 13.3. The van der Waals surface area contributed by atoms with Crippen molar-refractivity contribution < 1.29 is 29.3 Å². The van der Waals surface area contributed by atoms with Crippen LogP contribution < -0.4 is 10.6 Å². The molecule has 0 spiro atoms. The molecule has 2 unspecified atom stereocenters. The van der Waals surface area contributed by atoms with Crippen molar-refractivity contribution in [3.8, 4) is 11.5 Å². The molecule has 4 N–H and O–H groups in total. The summed E-state index contributed by atoms with van der Waals surface area (Å²) in [4.78, 5) is 43.5. The van der Waals surface area contributed by atoms with Crippen LogP contribution in [0.3, 0.4) is 0 Å². The van der Waals surface area contributed by atoms with Gasteiger partial charge in [-0.05, 0) is 98.3 Å². The van der Waals surface area contributed by atoms with Gasteiger partial charge >= 0.3 is 6.09 Å². The van der Waals surface area contributed by atoms with Crippen LogP contribution in [-0.2, 0) is 20.7 Å². The number of hydrogen-bond donors (Lipinski definition) is 4. The molecular formula is C36H39N3O6. The van der Waals surface area contributed by atoms with Crippen molar-refractivity contribution in [1.29, 1.82) is 0 Å². The minimum atomic E-state index is -1.11. The molecule has 0 heterocycles. The van der Waals surface area contributed by atoms with Crippen LogP contribution in [0, 0.1) is 0 Å². The van der Waals surface area contributed by atoms with Gasteiger partial charge in [0.25, 0.3) is 5.91 Å². The number of aromatic hydroxyl groups is 2. The molecule has 0 saturated heterocycles. The maximum absolute atomic E-state index is 14.6. The van der Waals surface area contributed by atoms with E-state index in [-0.39, 0.29) is 24.0 Å². The number of nitrogens with one attached hydrogen (secondary N) is 2. The van der Waals surface area contributed by atoms with Crippen molar-refractivity contribution in [2.45, 2.75) is 70.2 Å². The summed E-state index contributed by atoms with van der Waals surface area (Å²) >= 11 is 0. The lowest BCUT2D eigenvalue weighted by Gasteiger charge is -2.43. The average Bonchev–Trinajstić information content (AvgIpc) is 2.95. The number of nitrogens with zero attached hydrogens (tertiary/aromatic N) is 1. The number of fused-ring (bicyclic) bond motifs is 1. The van der Waals surface area contributed by atoms with Crippen LogP contribution in [0.4, 0.5) is 10.5 Å². The molecule has 1 saturated carbocycles. The highest BCUT2D eigenvalue weighted by Crippen LogP contribution is 2.36. The first-order valence-corrected chi connectivity index (χ1v) is 15.1. The zero-order valence-corrected chi connectivity index (χ0v) is 25.7. The van der Waals surface area contributed by atoms with E-state index in [1.807, 2.05) is 42.5 Å². The first-order valence-electron chi connectivity index (χ1n) is 15.1. The maximum atomic E-state index is 14.6. The Hall–Kier alpha value is -5.05. The highest BCUT2D eigenvalue weighted by Gasteiger charge is 2.42. The minimum absolute atomic E-state index is 0.0375. The Morgan fingerprint density at radius 2 is 1.58 bits per heavy atom. The fraction of sp³-hybridized carbons (Fsp3) is 0.306. The van der Waals surface area contributed by atoms with Gasteiger partial charge in [0.1, 0.15) is 29.2 Å². The molecule has 9 heteroatoms. The quantitative estimate of drug-likeness (QED) is 0.173. The standard InChI is InChI=1S/C36H39N3O6/c1-36(2,3)45-35(44)38-31(20-23-14-18-29(40)19-15-23)34(43)39(28-11-7-12-28)32(26-10-6-13-30(41)22-26)33(42)37-27-17-16-24-8-4-5-9-25(24)21-27/h4-6,8-10,13-19,21-22,28,31-32,40-41H,7,11-12,20H2,1-3H3,(H,37,42)(H,38,44).